The first-order chi connectivity index (χ1) is 9.34. The van der Waals surface area contributed by atoms with Gasteiger partial charge in [-0.15, -0.1) is 0 Å². The van der Waals surface area contributed by atoms with Gasteiger partial charge < -0.3 is 9.84 Å². The summed E-state index contributed by atoms with van der Waals surface area (Å²) in [5, 5.41) is 10.8. The molecule has 0 aliphatic carbocycles. The van der Waals surface area contributed by atoms with Gasteiger partial charge in [0.1, 0.15) is 17.2 Å². The maximum absolute atomic E-state index is 13.5. The topological polar surface area (TPSA) is 29.5 Å². The Bertz CT molecular complexity index is 618. The smallest absolute Gasteiger partial charge is 0.124 e. The van der Waals surface area contributed by atoms with Crippen LogP contribution >= 0.6 is 15.9 Å². The Morgan fingerprint density at radius 2 is 1.85 bits per heavy atom. The van der Waals surface area contributed by atoms with E-state index in [0.29, 0.717) is 15.6 Å². The molecule has 2 rings (SSSR count). The fraction of sp³-hybridized carbons (Fsp3) is 0.250. The summed E-state index contributed by atoms with van der Waals surface area (Å²) in [5.41, 5.74) is 0.824. The van der Waals surface area contributed by atoms with Crippen molar-refractivity contribution in [2.45, 2.75) is 19.4 Å². The molecular weight excluding hydrogens is 323 g/mol. The second-order valence-corrected chi connectivity index (χ2v) is 5.83. The van der Waals surface area contributed by atoms with Gasteiger partial charge >= 0.3 is 0 Å². The monoisotopic (exact) mass is 338 g/mol. The minimum Gasteiger partial charge on any atom is -0.496 e. The fourth-order valence-electron chi connectivity index (χ4n) is 2.18. The van der Waals surface area contributed by atoms with Gasteiger partial charge in [0.05, 0.1) is 7.11 Å². The van der Waals surface area contributed by atoms with Crippen molar-refractivity contribution in [1.82, 2.24) is 0 Å². The molecule has 0 fully saturated rings. The highest BCUT2D eigenvalue weighted by molar-refractivity contribution is 9.10. The van der Waals surface area contributed by atoms with Crippen LogP contribution in [0.3, 0.4) is 0 Å². The lowest BCUT2D eigenvalue weighted by Gasteiger charge is -2.25. The summed E-state index contributed by atoms with van der Waals surface area (Å²) in [6.07, 6.45) is 0. The fourth-order valence-corrected chi connectivity index (χ4v) is 2.65. The highest BCUT2D eigenvalue weighted by Crippen LogP contribution is 2.33. The molecule has 0 heterocycles. The molecule has 0 bridgehead atoms. The summed E-state index contributed by atoms with van der Waals surface area (Å²) in [7, 11) is 1.60. The molecule has 0 saturated heterocycles. The van der Waals surface area contributed by atoms with E-state index in [1.54, 1.807) is 32.2 Å². The molecular formula is C16H16BrFO2. The van der Waals surface area contributed by atoms with Crippen molar-refractivity contribution in [3.8, 4) is 5.75 Å². The normalized spacial score (nSPS) is 13.9. The standard InChI is InChI=1S/C16H16BrFO2/c1-10-6-11(4-5-15(10)20-3)16(2,19)12-7-13(17)9-14(18)8-12/h4-9,19H,1-3H3/t16-/m0/s1. The van der Waals surface area contributed by atoms with Crippen molar-refractivity contribution >= 4 is 15.9 Å². The molecule has 0 unspecified atom stereocenters. The Morgan fingerprint density at radius 1 is 1.15 bits per heavy atom. The van der Waals surface area contributed by atoms with Crippen molar-refractivity contribution in [2.24, 2.45) is 0 Å². The van der Waals surface area contributed by atoms with Gasteiger partial charge in [0.2, 0.25) is 0 Å². The average Bonchev–Trinajstić information content (AvgIpc) is 2.37. The molecule has 0 aliphatic heterocycles. The third kappa shape index (κ3) is 2.86. The van der Waals surface area contributed by atoms with Crippen LogP contribution in [-0.2, 0) is 5.60 Å². The van der Waals surface area contributed by atoms with Gasteiger partial charge in [-0.1, -0.05) is 22.0 Å². The summed E-state index contributed by atoms with van der Waals surface area (Å²) in [4.78, 5) is 0. The molecule has 0 aliphatic rings. The van der Waals surface area contributed by atoms with E-state index >= 15 is 0 Å². The van der Waals surface area contributed by atoms with Crippen molar-refractivity contribution in [3.05, 3.63) is 63.4 Å². The molecule has 1 atom stereocenters. The minimum atomic E-state index is -1.28. The van der Waals surface area contributed by atoms with Gasteiger partial charge in [-0.3, -0.25) is 0 Å². The Kier molecular flexibility index (Phi) is 4.16. The number of halogens is 2. The first-order valence-electron chi connectivity index (χ1n) is 6.18. The van der Waals surface area contributed by atoms with Crippen LogP contribution in [0.4, 0.5) is 4.39 Å². The maximum Gasteiger partial charge on any atom is 0.124 e. The number of methoxy groups -OCH3 is 1. The lowest BCUT2D eigenvalue weighted by atomic mass is 9.87. The largest absolute Gasteiger partial charge is 0.496 e. The van der Waals surface area contributed by atoms with E-state index in [4.69, 9.17) is 4.74 Å². The second kappa shape index (κ2) is 5.54. The Balaban J connectivity index is 2.51. The van der Waals surface area contributed by atoms with Crippen LogP contribution in [0, 0.1) is 12.7 Å². The van der Waals surface area contributed by atoms with E-state index in [9.17, 15) is 9.50 Å². The maximum atomic E-state index is 13.5. The van der Waals surface area contributed by atoms with Crippen molar-refractivity contribution in [1.29, 1.82) is 0 Å². The van der Waals surface area contributed by atoms with Crippen molar-refractivity contribution < 1.29 is 14.2 Å². The van der Waals surface area contributed by atoms with E-state index in [2.05, 4.69) is 15.9 Å². The van der Waals surface area contributed by atoms with Crippen molar-refractivity contribution in [2.75, 3.05) is 7.11 Å². The van der Waals surface area contributed by atoms with Crippen LogP contribution in [0.1, 0.15) is 23.6 Å². The zero-order valence-corrected chi connectivity index (χ0v) is 13.2. The first kappa shape index (κ1) is 15.0. The van der Waals surface area contributed by atoms with Crippen LogP contribution in [0.25, 0.3) is 0 Å². The second-order valence-electron chi connectivity index (χ2n) is 4.91. The molecule has 20 heavy (non-hydrogen) atoms. The number of hydrogen-bond donors (Lipinski definition) is 1. The van der Waals surface area contributed by atoms with E-state index in [1.165, 1.54) is 12.1 Å². The third-order valence-corrected chi connectivity index (χ3v) is 3.84. The van der Waals surface area contributed by atoms with Crippen LogP contribution in [0.15, 0.2) is 40.9 Å². The van der Waals surface area contributed by atoms with Gasteiger partial charge in [0.25, 0.3) is 0 Å². The highest BCUT2D eigenvalue weighted by Gasteiger charge is 2.27. The van der Waals surface area contributed by atoms with Crippen LogP contribution < -0.4 is 4.74 Å². The van der Waals surface area contributed by atoms with E-state index in [0.717, 1.165) is 11.3 Å². The minimum absolute atomic E-state index is 0.389. The summed E-state index contributed by atoms with van der Waals surface area (Å²) in [6, 6.07) is 9.83. The number of aryl methyl sites for hydroxylation is 1. The number of rotatable bonds is 3. The third-order valence-electron chi connectivity index (χ3n) is 3.38. The molecule has 2 aromatic rings. The number of ether oxygens (including phenoxy) is 1. The van der Waals surface area contributed by atoms with Crippen molar-refractivity contribution in [3.63, 3.8) is 0 Å². The predicted octanol–water partition coefficient (Wildman–Crippen LogP) is 4.16. The summed E-state index contributed by atoms with van der Waals surface area (Å²) in [5.74, 6) is 0.366. The highest BCUT2D eigenvalue weighted by atomic mass is 79.9. The van der Waals surface area contributed by atoms with Gasteiger partial charge in [-0.25, -0.2) is 4.39 Å². The van der Waals surface area contributed by atoms with Gasteiger partial charge in [0.15, 0.2) is 0 Å². The SMILES string of the molecule is COc1ccc([C@](C)(O)c2cc(F)cc(Br)c2)cc1C. The lowest BCUT2D eigenvalue weighted by Crippen LogP contribution is -2.23. The van der Waals surface area contributed by atoms with Crippen LogP contribution in [-0.4, -0.2) is 12.2 Å². The Labute approximate surface area is 126 Å². The molecule has 0 aromatic heterocycles. The lowest BCUT2D eigenvalue weighted by molar-refractivity contribution is 0.102. The summed E-state index contributed by atoms with van der Waals surface area (Å²) >= 11 is 3.24. The summed E-state index contributed by atoms with van der Waals surface area (Å²) in [6.45, 7) is 3.55. The predicted molar refractivity (Wildman–Crippen MR) is 80.5 cm³/mol. The molecule has 1 N–H and O–H groups in total. The molecule has 106 valence electrons. The number of aliphatic hydroxyl groups is 1. The van der Waals surface area contributed by atoms with E-state index in [-0.39, 0.29) is 5.82 Å². The van der Waals surface area contributed by atoms with Gasteiger partial charge in [-0.2, -0.15) is 0 Å². The Morgan fingerprint density at radius 3 is 2.40 bits per heavy atom. The van der Waals surface area contributed by atoms with E-state index < -0.39 is 5.60 Å². The molecule has 2 aromatic carbocycles. The molecule has 4 heteroatoms. The average molecular weight is 339 g/mol. The van der Waals surface area contributed by atoms with Crippen LogP contribution in [0.5, 0.6) is 5.75 Å². The summed E-state index contributed by atoms with van der Waals surface area (Å²) < 4.78 is 19.3. The molecule has 2 nitrogen and oxygen atoms in total. The number of hydrogen-bond acceptors (Lipinski definition) is 2. The number of benzene rings is 2. The van der Waals surface area contributed by atoms with Crippen LogP contribution in [0.2, 0.25) is 0 Å². The first-order valence-corrected chi connectivity index (χ1v) is 6.98. The van der Waals surface area contributed by atoms with Gasteiger partial charge in [0, 0.05) is 4.47 Å². The molecule has 0 radical (unpaired) electrons. The Hall–Kier alpha value is -1.39. The molecule has 0 amide bonds. The zero-order chi connectivity index (χ0) is 14.9. The van der Waals surface area contributed by atoms with Gasteiger partial charge in [-0.05, 0) is 60.9 Å². The molecule has 0 saturated carbocycles. The van der Waals surface area contributed by atoms with E-state index in [1.807, 2.05) is 13.0 Å². The molecule has 0 spiro atoms. The zero-order valence-electron chi connectivity index (χ0n) is 11.6. The quantitative estimate of drug-likeness (QED) is 0.910.